The van der Waals surface area contributed by atoms with Crippen molar-refractivity contribution in [2.24, 2.45) is 0 Å². The fourth-order valence-corrected chi connectivity index (χ4v) is 11.1. The normalized spacial score (nSPS) is 17.4. The Morgan fingerprint density at radius 3 is 2.27 bits per heavy atom. The van der Waals surface area contributed by atoms with Crippen LogP contribution in [0.2, 0.25) is 5.04 Å². The molecule has 1 saturated heterocycles. The van der Waals surface area contributed by atoms with Crippen LogP contribution in [0.5, 0.6) is 0 Å². The Balaban J connectivity index is 1.68. The van der Waals surface area contributed by atoms with Crippen molar-refractivity contribution in [1.29, 1.82) is 0 Å². The van der Waals surface area contributed by atoms with Crippen molar-refractivity contribution in [3.63, 3.8) is 0 Å². The molecule has 7 heteroatoms. The third kappa shape index (κ3) is 5.85. The number of rotatable bonds is 8. The SMILES string of the molecule is CC(Cc1ncccc1C(=O)N1CCSC[C@H]1CO)O[Si](c1ccccc1)(c1ccccc1)C(C)(C)C. The molecule has 3 aromatic rings. The van der Waals surface area contributed by atoms with Crippen LogP contribution in [-0.4, -0.2) is 66.0 Å². The summed E-state index contributed by atoms with van der Waals surface area (Å²) in [6.45, 7) is 9.51. The average Bonchev–Trinajstić information content (AvgIpc) is 2.92. The molecule has 196 valence electrons. The lowest BCUT2D eigenvalue weighted by Gasteiger charge is -2.44. The highest BCUT2D eigenvalue weighted by Gasteiger charge is 2.51. The summed E-state index contributed by atoms with van der Waals surface area (Å²) in [6, 6.07) is 24.7. The van der Waals surface area contributed by atoms with E-state index in [0.717, 1.165) is 17.2 Å². The number of carbonyl (C=O) groups is 1. The number of hydrogen-bond acceptors (Lipinski definition) is 5. The number of hydrogen-bond donors (Lipinski definition) is 1. The molecule has 0 aliphatic carbocycles. The number of aromatic nitrogens is 1. The second kappa shape index (κ2) is 11.9. The van der Waals surface area contributed by atoms with Gasteiger partial charge in [0.05, 0.1) is 23.9 Å². The van der Waals surface area contributed by atoms with Crippen LogP contribution in [-0.2, 0) is 10.8 Å². The van der Waals surface area contributed by atoms with Gasteiger partial charge in [0.25, 0.3) is 14.2 Å². The van der Waals surface area contributed by atoms with Gasteiger partial charge >= 0.3 is 0 Å². The van der Waals surface area contributed by atoms with E-state index in [1.807, 2.05) is 29.2 Å². The summed E-state index contributed by atoms with van der Waals surface area (Å²) in [4.78, 5) is 20.0. The van der Waals surface area contributed by atoms with Crippen LogP contribution >= 0.6 is 11.8 Å². The Bertz CT molecular complexity index is 1130. The fraction of sp³-hybridized carbons (Fsp3) is 0.400. The molecule has 1 amide bonds. The Labute approximate surface area is 226 Å². The molecule has 1 unspecified atom stereocenters. The fourth-order valence-electron chi connectivity index (χ4n) is 5.33. The lowest BCUT2D eigenvalue weighted by molar-refractivity contribution is 0.0629. The molecule has 1 fully saturated rings. The summed E-state index contributed by atoms with van der Waals surface area (Å²) in [5.74, 6) is 1.58. The van der Waals surface area contributed by atoms with Crippen LogP contribution in [0.15, 0.2) is 79.0 Å². The number of nitrogens with zero attached hydrogens (tertiary/aromatic N) is 2. The number of aliphatic hydroxyl groups excluding tert-OH is 1. The maximum Gasteiger partial charge on any atom is 0.261 e. The van der Waals surface area contributed by atoms with Gasteiger partial charge in [0.15, 0.2) is 0 Å². The van der Waals surface area contributed by atoms with E-state index in [-0.39, 0.29) is 29.7 Å². The Hall–Kier alpha value is -2.45. The number of thioether (sulfide) groups is 1. The number of carbonyl (C=O) groups excluding carboxylic acids is 1. The molecule has 1 aliphatic rings. The van der Waals surface area contributed by atoms with Crippen molar-refractivity contribution < 1.29 is 14.3 Å². The van der Waals surface area contributed by atoms with E-state index >= 15 is 0 Å². The van der Waals surface area contributed by atoms with Gasteiger partial charge in [-0.25, -0.2) is 0 Å². The zero-order chi connectivity index (χ0) is 26.5. The molecule has 0 saturated carbocycles. The van der Waals surface area contributed by atoms with Crippen molar-refractivity contribution in [2.75, 3.05) is 24.7 Å². The van der Waals surface area contributed by atoms with E-state index in [1.54, 1.807) is 18.0 Å². The van der Waals surface area contributed by atoms with Gasteiger partial charge in [-0.15, -0.1) is 0 Å². The highest BCUT2D eigenvalue weighted by Crippen LogP contribution is 2.38. The Morgan fingerprint density at radius 2 is 1.70 bits per heavy atom. The molecule has 2 aromatic carbocycles. The van der Waals surface area contributed by atoms with E-state index in [9.17, 15) is 9.90 Å². The van der Waals surface area contributed by atoms with Gasteiger partial charge in [0.2, 0.25) is 0 Å². The Morgan fingerprint density at radius 1 is 1.08 bits per heavy atom. The first-order valence-electron chi connectivity index (χ1n) is 13.0. The first-order chi connectivity index (χ1) is 17.8. The zero-order valence-corrected chi connectivity index (χ0v) is 24.1. The maximum absolute atomic E-state index is 13.6. The van der Waals surface area contributed by atoms with Gasteiger partial charge in [-0.05, 0) is 34.5 Å². The van der Waals surface area contributed by atoms with E-state index in [1.165, 1.54) is 10.4 Å². The molecular weight excluding hydrogens is 496 g/mol. The minimum atomic E-state index is -2.72. The molecule has 37 heavy (non-hydrogen) atoms. The first kappa shape index (κ1) is 27.6. The summed E-state index contributed by atoms with van der Waals surface area (Å²) in [5.41, 5.74) is 1.35. The predicted molar refractivity (Wildman–Crippen MR) is 155 cm³/mol. The van der Waals surface area contributed by atoms with E-state index in [0.29, 0.717) is 18.5 Å². The average molecular weight is 535 g/mol. The largest absolute Gasteiger partial charge is 0.404 e. The van der Waals surface area contributed by atoms with Crippen LogP contribution < -0.4 is 10.4 Å². The third-order valence-corrected chi connectivity index (χ3v) is 13.3. The molecule has 1 aromatic heterocycles. The van der Waals surface area contributed by atoms with Crippen molar-refractivity contribution >= 4 is 36.4 Å². The quantitative estimate of drug-likeness (QED) is 0.440. The summed E-state index contributed by atoms with van der Waals surface area (Å²) >= 11 is 1.78. The van der Waals surface area contributed by atoms with Crippen molar-refractivity contribution in [2.45, 2.75) is 51.3 Å². The molecule has 1 N–H and O–H groups in total. The van der Waals surface area contributed by atoms with Gasteiger partial charge in [-0.2, -0.15) is 11.8 Å². The van der Waals surface area contributed by atoms with Crippen LogP contribution in [0, 0.1) is 0 Å². The monoisotopic (exact) mass is 534 g/mol. The van der Waals surface area contributed by atoms with Gasteiger partial charge in [-0.1, -0.05) is 81.4 Å². The lowest BCUT2D eigenvalue weighted by atomic mass is 10.1. The topological polar surface area (TPSA) is 62.7 Å². The van der Waals surface area contributed by atoms with Gasteiger partial charge < -0.3 is 14.4 Å². The van der Waals surface area contributed by atoms with Crippen molar-refractivity contribution in [3.8, 4) is 0 Å². The highest BCUT2D eigenvalue weighted by molar-refractivity contribution is 7.99. The summed E-state index contributed by atoms with van der Waals surface area (Å²) < 4.78 is 7.23. The maximum atomic E-state index is 13.6. The highest BCUT2D eigenvalue weighted by atomic mass is 32.2. The number of pyridine rings is 1. The minimum absolute atomic E-state index is 0.0261. The van der Waals surface area contributed by atoms with Crippen LogP contribution in [0.25, 0.3) is 0 Å². The second-order valence-electron chi connectivity index (χ2n) is 10.7. The molecule has 2 atom stereocenters. The molecular formula is C30H38N2O3SSi. The number of aliphatic hydroxyl groups is 1. The zero-order valence-electron chi connectivity index (χ0n) is 22.3. The molecule has 4 rings (SSSR count). The first-order valence-corrected chi connectivity index (χ1v) is 16.1. The number of benzene rings is 2. The lowest BCUT2D eigenvalue weighted by Crippen LogP contribution is -2.67. The smallest absolute Gasteiger partial charge is 0.261 e. The van der Waals surface area contributed by atoms with Gasteiger partial charge in [0.1, 0.15) is 0 Å². The third-order valence-electron chi connectivity index (χ3n) is 7.10. The number of amides is 1. The second-order valence-corrected chi connectivity index (χ2v) is 16.1. The van der Waals surface area contributed by atoms with E-state index < -0.39 is 8.32 Å². The van der Waals surface area contributed by atoms with E-state index in [4.69, 9.17) is 4.43 Å². The van der Waals surface area contributed by atoms with Gasteiger partial charge in [0, 0.05) is 36.8 Å². The van der Waals surface area contributed by atoms with Crippen molar-refractivity contribution in [1.82, 2.24) is 9.88 Å². The summed E-state index contributed by atoms with van der Waals surface area (Å²) in [7, 11) is -2.72. The van der Waals surface area contributed by atoms with Crippen LogP contribution in [0.4, 0.5) is 0 Å². The predicted octanol–water partition coefficient (Wildman–Crippen LogP) is 4.14. The van der Waals surface area contributed by atoms with Crippen LogP contribution in [0.1, 0.15) is 43.7 Å². The minimum Gasteiger partial charge on any atom is -0.404 e. The van der Waals surface area contributed by atoms with Gasteiger partial charge in [-0.3, -0.25) is 9.78 Å². The molecule has 0 radical (unpaired) electrons. The molecule has 0 bridgehead atoms. The molecule has 0 spiro atoms. The summed E-state index contributed by atoms with van der Waals surface area (Å²) in [6.07, 6.45) is 2.11. The molecule has 1 aliphatic heterocycles. The Kier molecular flexibility index (Phi) is 8.90. The molecule has 2 heterocycles. The standard InChI is InChI=1S/C30H38N2O3SSi/c1-23(20-28-27(16-11-17-31-28)29(34)32-18-19-36-22-24(32)21-33)35-37(30(2,3)4,25-12-7-5-8-13-25)26-14-9-6-10-15-26/h5-17,23-24,33H,18-22H2,1-4H3/t23?,24-/m1/s1. The molecule has 5 nitrogen and oxygen atoms in total. The van der Waals surface area contributed by atoms with E-state index in [2.05, 4.69) is 81.2 Å². The summed E-state index contributed by atoms with van der Waals surface area (Å²) in [5, 5.41) is 12.2. The van der Waals surface area contributed by atoms with Crippen molar-refractivity contribution in [3.05, 3.63) is 90.3 Å². The van der Waals surface area contributed by atoms with Crippen LogP contribution in [0.3, 0.4) is 0 Å².